The number of rotatable bonds is 4. The standard InChI is InChI=1S/C18H18N4O3/c1-11(23)20-9-13-10-22(17(24)25-13)12-4-5-16(21-8-12)18-6-2-3-14(18)15(18)7-19/h2,4-6,8,13-15H,3,9-10H2,1H3,(H,20,23)/t13-,14+,15+,18-/m0/s1. The van der Waals surface area contributed by atoms with Crippen molar-refractivity contribution in [1.82, 2.24) is 10.3 Å². The molecule has 0 aromatic carbocycles. The molecule has 4 rings (SSSR count). The summed E-state index contributed by atoms with van der Waals surface area (Å²) >= 11 is 0. The fourth-order valence-corrected chi connectivity index (χ4v) is 3.98. The van der Waals surface area contributed by atoms with E-state index in [1.165, 1.54) is 11.8 Å². The summed E-state index contributed by atoms with van der Waals surface area (Å²) in [5.74, 6) is 0.166. The van der Waals surface area contributed by atoms with Crippen molar-refractivity contribution in [2.24, 2.45) is 11.8 Å². The van der Waals surface area contributed by atoms with Gasteiger partial charge in [-0.2, -0.15) is 5.26 Å². The van der Waals surface area contributed by atoms with E-state index < -0.39 is 6.09 Å². The van der Waals surface area contributed by atoms with Crippen molar-refractivity contribution in [1.29, 1.82) is 5.26 Å². The van der Waals surface area contributed by atoms with Crippen LogP contribution in [0.25, 0.3) is 0 Å². The topological polar surface area (TPSA) is 95.3 Å². The van der Waals surface area contributed by atoms with Crippen LogP contribution >= 0.6 is 0 Å². The number of carbonyl (C=O) groups excluding carboxylic acids is 2. The molecule has 7 heteroatoms. The minimum absolute atomic E-state index is 0.00497. The van der Waals surface area contributed by atoms with Gasteiger partial charge in [0.2, 0.25) is 5.91 Å². The van der Waals surface area contributed by atoms with Crippen LogP contribution in [0.4, 0.5) is 10.5 Å². The molecule has 4 atom stereocenters. The van der Waals surface area contributed by atoms with Gasteiger partial charge in [0.25, 0.3) is 0 Å². The average Bonchev–Trinajstić information content (AvgIpc) is 2.89. The van der Waals surface area contributed by atoms with E-state index in [0.717, 1.165) is 12.1 Å². The third-order valence-corrected chi connectivity index (χ3v) is 5.30. The second-order valence-corrected chi connectivity index (χ2v) is 6.74. The Morgan fingerprint density at radius 1 is 1.56 bits per heavy atom. The SMILES string of the molecule is CC(=O)NC[C@H]1CN(c2ccc([C@@]34C=CC[C@@H]3[C@H]4C#N)nc2)C(=O)O1. The van der Waals surface area contributed by atoms with Crippen LogP contribution in [0.1, 0.15) is 19.0 Å². The normalized spacial score (nSPS) is 32.1. The Morgan fingerprint density at radius 2 is 2.40 bits per heavy atom. The van der Waals surface area contributed by atoms with E-state index in [0.29, 0.717) is 24.7 Å². The van der Waals surface area contributed by atoms with Crippen molar-refractivity contribution in [3.63, 3.8) is 0 Å². The number of nitrogens with one attached hydrogen (secondary N) is 1. The lowest BCUT2D eigenvalue weighted by Crippen LogP contribution is -2.33. The van der Waals surface area contributed by atoms with Crippen molar-refractivity contribution in [3.05, 3.63) is 36.2 Å². The molecular weight excluding hydrogens is 320 g/mol. The van der Waals surface area contributed by atoms with Gasteiger partial charge in [0.05, 0.1) is 48.1 Å². The molecule has 1 N–H and O–H groups in total. The van der Waals surface area contributed by atoms with Crippen LogP contribution in [-0.4, -0.2) is 36.2 Å². The lowest BCUT2D eigenvalue weighted by molar-refractivity contribution is -0.119. The highest BCUT2D eigenvalue weighted by molar-refractivity contribution is 5.89. The summed E-state index contributed by atoms with van der Waals surface area (Å²) in [5, 5.41) is 12.0. The summed E-state index contributed by atoms with van der Waals surface area (Å²) in [5.41, 5.74) is 1.29. The Kier molecular flexibility index (Phi) is 3.49. The van der Waals surface area contributed by atoms with Gasteiger partial charge in [-0.3, -0.25) is 14.7 Å². The number of cyclic esters (lactones) is 1. The Bertz CT molecular complexity index is 798. The van der Waals surface area contributed by atoms with E-state index in [9.17, 15) is 14.9 Å². The monoisotopic (exact) mass is 338 g/mol. The zero-order valence-corrected chi connectivity index (χ0v) is 13.8. The molecule has 1 saturated carbocycles. The van der Waals surface area contributed by atoms with Gasteiger partial charge >= 0.3 is 6.09 Å². The first kappa shape index (κ1) is 15.6. The third kappa shape index (κ3) is 2.37. The van der Waals surface area contributed by atoms with Crippen LogP contribution in [0.15, 0.2) is 30.5 Å². The highest BCUT2D eigenvalue weighted by Crippen LogP contribution is 2.65. The van der Waals surface area contributed by atoms with E-state index in [1.807, 2.05) is 12.1 Å². The quantitative estimate of drug-likeness (QED) is 0.840. The maximum atomic E-state index is 12.0. The Morgan fingerprint density at radius 3 is 3.04 bits per heavy atom. The van der Waals surface area contributed by atoms with E-state index in [-0.39, 0.29) is 23.3 Å². The molecule has 25 heavy (non-hydrogen) atoms. The number of aromatic nitrogens is 1. The number of amides is 2. The molecule has 1 saturated heterocycles. The molecule has 2 heterocycles. The van der Waals surface area contributed by atoms with Gasteiger partial charge in [0.15, 0.2) is 0 Å². The number of fused-ring (bicyclic) bond motifs is 1. The first-order chi connectivity index (χ1) is 12.1. The van der Waals surface area contributed by atoms with Crippen LogP contribution < -0.4 is 10.2 Å². The molecule has 0 bridgehead atoms. The summed E-state index contributed by atoms with van der Waals surface area (Å²) in [6, 6.07) is 6.11. The van der Waals surface area contributed by atoms with Crippen LogP contribution in [0, 0.1) is 23.2 Å². The van der Waals surface area contributed by atoms with Gasteiger partial charge in [-0.25, -0.2) is 4.79 Å². The smallest absolute Gasteiger partial charge is 0.414 e. The van der Waals surface area contributed by atoms with Gasteiger partial charge in [-0.1, -0.05) is 12.2 Å². The number of hydrogen-bond donors (Lipinski definition) is 1. The van der Waals surface area contributed by atoms with Crippen molar-refractivity contribution < 1.29 is 14.3 Å². The zero-order chi connectivity index (χ0) is 17.6. The zero-order valence-electron chi connectivity index (χ0n) is 13.8. The van der Waals surface area contributed by atoms with Gasteiger partial charge in [0.1, 0.15) is 6.10 Å². The molecule has 1 aliphatic heterocycles. The number of hydrogen-bond acceptors (Lipinski definition) is 5. The number of nitrogens with zero attached hydrogens (tertiary/aromatic N) is 3. The summed E-state index contributed by atoms with van der Waals surface area (Å²) in [6.07, 6.45) is 5.97. The lowest BCUT2D eigenvalue weighted by Gasteiger charge is -2.15. The van der Waals surface area contributed by atoms with Crippen molar-refractivity contribution in [3.8, 4) is 6.07 Å². The Balaban J connectivity index is 1.48. The fraction of sp³-hybridized carbons (Fsp3) is 0.444. The minimum Gasteiger partial charge on any atom is -0.442 e. The molecule has 3 aliphatic rings. The molecule has 7 nitrogen and oxygen atoms in total. The van der Waals surface area contributed by atoms with Gasteiger partial charge in [-0.15, -0.1) is 0 Å². The number of ether oxygens (including phenoxy) is 1. The average molecular weight is 338 g/mol. The maximum Gasteiger partial charge on any atom is 0.414 e. The Hall–Kier alpha value is -2.88. The van der Waals surface area contributed by atoms with Gasteiger partial charge < -0.3 is 10.1 Å². The first-order valence-corrected chi connectivity index (χ1v) is 8.32. The molecule has 0 unspecified atom stereocenters. The summed E-state index contributed by atoms with van der Waals surface area (Å²) in [7, 11) is 0. The summed E-state index contributed by atoms with van der Waals surface area (Å²) in [4.78, 5) is 29.1. The predicted molar refractivity (Wildman–Crippen MR) is 88.6 cm³/mol. The molecule has 0 radical (unpaired) electrons. The van der Waals surface area contributed by atoms with Crippen LogP contribution in [0.2, 0.25) is 0 Å². The van der Waals surface area contributed by atoms with Crippen LogP contribution in [-0.2, 0) is 14.9 Å². The number of allylic oxidation sites excluding steroid dienone is 2. The summed E-state index contributed by atoms with van der Waals surface area (Å²) < 4.78 is 5.26. The fourth-order valence-electron chi connectivity index (χ4n) is 3.98. The number of carbonyl (C=O) groups is 2. The van der Waals surface area contributed by atoms with E-state index >= 15 is 0 Å². The maximum absolute atomic E-state index is 12.0. The van der Waals surface area contributed by atoms with E-state index in [2.05, 4.69) is 28.5 Å². The number of nitriles is 1. The second-order valence-electron chi connectivity index (χ2n) is 6.74. The molecule has 0 spiro atoms. The molecule has 2 amide bonds. The molecule has 2 aliphatic carbocycles. The lowest BCUT2D eigenvalue weighted by atomic mass is 9.99. The third-order valence-electron chi connectivity index (χ3n) is 5.30. The first-order valence-electron chi connectivity index (χ1n) is 8.32. The van der Waals surface area contributed by atoms with Crippen molar-refractivity contribution in [2.45, 2.75) is 24.9 Å². The predicted octanol–water partition coefficient (Wildman–Crippen LogP) is 1.51. The molecule has 1 aromatic rings. The molecule has 128 valence electrons. The second kappa shape index (κ2) is 5.59. The highest BCUT2D eigenvalue weighted by atomic mass is 16.6. The summed E-state index contributed by atoms with van der Waals surface area (Å²) in [6.45, 7) is 2.09. The molecule has 1 aromatic heterocycles. The highest BCUT2D eigenvalue weighted by Gasteiger charge is 2.66. The molecule has 2 fully saturated rings. The van der Waals surface area contributed by atoms with Crippen molar-refractivity contribution >= 4 is 17.7 Å². The van der Waals surface area contributed by atoms with Crippen LogP contribution in [0.3, 0.4) is 0 Å². The Labute approximate surface area is 145 Å². The van der Waals surface area contributed by atoms with Crippen LogP contribution in [0.5, 0.6) is 0 Å². The largest absolute Gasteiger partial charge is 0.442 e. The number of pyridine rings is 1. The molecular formula is C18H18N4O3. The minimum atomic E-state index is -0.442. The van der Waals surface area contributed by atoms with Crippen molar-refractivity contribution in [2.75, 3.05) is 18.0 Å². The number of anilines is 1. The van der Waals surface area contributed by atoms with E-state index in [4.69, 9.17) is 4.74 Å². The van der Waals surface area contributed by atoms with Gasteiger partial charge in [-0.05, 0) is 24.5 Å². The van der Waals surface area contributed by atoms with E-state index in [1.54, 1.807) is 6.20 Å². The van der Waals surface area contributed by atoms with Gasteiger partial charge in [0, 0.05) is 6.92 Å².